The molecular weight excluding hydrogens is 498 g/mol. The van der Waals surface area contributed by atoms with Gasteiger partial charge in [-0.2, -0.15) is 0 Å². The van der Waals surface area contributed by atoms with Crippen molar-refractivity contribution in [2.45, 2.75) is 91.8 Å². The molecule has 2 N–H and O–H groups in total. The van der Waals surface area contributed by atoms with Gasteiger partial charge in [-0.05, 0) is 58.1 Å². The third-order valence-corrected chi connectivity index (χ3v) is 5.64. The summed E-state index contributed by atoms with van der Waals surface area (Å²) in [4.78, 5) is 53.8. The number of amides is 3. The minimum Gasteiger partial charge on any atom is -0.466 e. The number of hydrogen-bond acceptors (Lipinski definition) is 6. The zero-order chi connectivity index (χ0) is 29.6. The van der Waals surface area contributed by atoms with Crippen LogP contribution in [0, 0.1) is 18.3 Å². The molecule has 0 bridgehead atoms. The highest BCUT2D eigenvalue weighted by molar-refractivity contribution is 5.92. The molecule has 0 saturated heterocycles. The van der Waals surface area contributed by atoms with Crippen LogP contribution < -0.4 is 10.6 Å². The Morgan fingerprint density at radius 1 is 1.10 bits per heavy atom. The molecule has 9 heteroatoms. The number of unbranched alkanes of at least 4 members (excludes halogenated alkanes) is 1. The van der Waals surface area contributed by atoms with E-state index in [0.717, 1.165) is 6.42 Å². The molecular formula is C30H45N3O6. The molecule has 0 aliphatic heterocycles. The lowest BCUT2D eigenvalue weighted by Gasteiger charge is -2.35. The van der Waals surface area contributed by atoms with Gasteiger partial charge in [-0.1, -0.05) is 51.3 Å². The first-order valence-electron chi connectivity index (χ1n) is 13.6. The number of ether oxygens (including phenoxy) is 2. The van der Waals surface area contributed by atoms with Gasteiger partial charge < -0.3 is 25.0 Å². The number of nitrogens with one attached hydrogen (secondary N) is 2. The van der Waals surface area contributed by atoms with Gasteiger partial charge in [0.25, 0.3) is 0 Å². The first-order valence-corrected chi connectivity index (χ1v) is 13.6. The van der Waals surface area contributed by atoms with Gasteiger partial charge in [0, 0.05) is 18.7 Å². The molecule has 1 rings (SSSR count). The molecule has 3 amide bonds. The van der Waals surface area contributed by atoms with Gasteiger partial charge in [-0.15, -0.1) is 6.42 Å². The minimum atomic E-state index is -1.08. The molecule has 1 aromatic rings. The number of nitrogens with zero attached hydrogens (tertiary/aromatic N) is 1. The van der Waals surface area contributed by atoms with E-state index in [2.05, 4.69) is 16.6 Å². The van der Waals surface area contributed by atoms with Gasteiger partial charge in [0.15, 0.2) is 0 Å². The van der Waals surface area contributed by atoms with Crippen LogP contribution in [0.4, 0.5) is 4.79 Å². The fraction of sp³-hybridized carbons (Fsp3) is 0.600. The van der Waals surface area contributed by atoms with E-state index < -0.39 is 41.6 Å². The average molecular weight is 544 g/mol. The van der Waals surface area contributed by atoms with E-state index in [1.807, 2.05) is 20.8 Å². The SMILES string of the molecule is C#Cc1ccccc1C(C(=O)NCCC(=O)OCC)N(CCCC)C(=O)C(CC(C)C)NC(=O)OC(C)(C)C. The van der Waals surface area contributed by atoms with Crippen molar-refractivity contribution >= 4 is 23.9 Å². The molecule has 0 fully saturated rings. The fourth-order valence-electron chi connectivity index (χ4n) is 3.97. The number of carbonyl (C=O) groups is 4. The second-order valence-corrected chi connectivity index (χ2v) is 10.7. The summed E-state index contributed by atoms with van der Waals surface area (Å²) in [5.41, 5.74) is 0.210. The summed E-state index contributed by atoms with van der Waals surface area (Å²) in [5.74, 6) is 1.35. The Morgan fingerprint density at radius 2 is 1.77 bits per heavy atom. The van der Waals surface area contributed by atoms with E-state index in [1.165, 1.54) is 4.90 Å². The maximum Gasteiger partial charge on any atom is 0.408 e. The van der Waals surface area contributed by atoms with Crippen molar-refractivity contribution in [3.05, 3.63) is 35.4 Å². The fourth-order valence-corrected chi connectivity index (χ4v) is 3.97. The molecule has 0 aliphatic carbocycles. The molecule has 0 aromatic heterocycles. The second-order valence-electron chi connectivity index (χ2n) is 10.7. The van der Waals surface area contributed by atoms with Gasteiger partial charge in [-0.25, -0.2) is 4.79 Å². The van der Waals surface area contributed by atoms with Crippen LogP contribution in [-0.4, -0.2) is 60.1 Å². The van der Waals surface area contributed by atoms with Crippen molar-refractivity contribution in [2.24, 2.45) is 5.92 Å². The van der Waals surface area contributed by atoms with Crippen LogP contribution in [0.2, 0.25) is 0 Å². The van der Waals surface area contributed by atoms with Crippen LogP contribution in [0.5, 0.6) is 0 Å². The van der Waals surface area contributed by atoms with Crippen molar-refractivity contribution in [3.8, 4) is 12.3 Å². The quantitative estimate of drug-likeness (QED) is 0.266. The zero-order valence-corrected chi connectivity index (χ0v) is 24.5. The molecule has 0 radical (unpaired) electrons. The summed E-state index contributed by atoms with van der Waals surface area (Å²) in [6.45, 7) is 13.3. The minimum absolute atomic E-state index is 0.0117. The van der Waals surface area contributed by atoms with Crippen LogP contribution in [0.3, 0.4) is 0 Å². The largest absolute Gasteiger partial charge is 0.466 e. The van der Waals surface area contributed by atoms with Crippen molar-refractivity contribution in [3.63, 3.8) is 0 Å². The topological polar surface area (TPSA) is 114 Å². The van der Waals surface area contributed by atoms with Crippen LogP contribution in [0.1, 0.15) is 91.3 Å². The van der Waals surface area contributed by atoms with Crippen molar-refractivity contribution in [2.75, 3.05) is 19.7 Å². The Morgan fingerprint density at radius 3 is 2.33 bits per heavy atom. The Hall–Kier alpha value is -3.54. The summed E-state index contributed by atoms with van der Waals surface area (Å²) in [5, 5.41) is 5.49. The number of benzene rings is 1. The standard InChI is InChI=1S/C30H45N3O6/c1-9-12-19-33(28(36)24(20-21(4)5)32-29(37)39-30(6,7)8)26(23-16-14-13-15-22(23)10-2)27(35)31-18-17-25(34)38-11-3/h2,13-16,21,24,26H,9,11-12,17-20H2,1,3-8H3,(H,31,35)(H,32,37). The van der Waals surface area contributed by atoms with Crippen molar-refractivity contribution in [1.82, 2.24) is 15.5 Å². The first kappa shape index (κ1) is 33.5. The highest BCUT2D eigenvalue weighted by Gasteiger charge is 2.37. The Balaban J connectivity index is 3.48. The van der Waals surface area contributed by atoms with E-state index in [4.69, 9.17) is 15.9 Å². The second kappa shape index (κ2) is 16.4. The van der Waals surface area contributed by atoms with Crippen molar-refractivity contribution in [1.29, 1.82) is 0 Å². The predicted octanol–water partition coefficient (Wildman–Crippen LogP) is 4.35. The van der Waals surface area contributed by atoms with E-state index in [-0.39, 0.29) is 32.0 Å². The monoisotopic (exact) mass is 543 g/mol. The summed E-state index contributed by atoms with van der Waals surface area (Å²) >= 11 is 0. The average Bonchev–Trinajstić information content (AvgIpc) is 2.84. The van der Waals surface area contributed by atoms with Crippen LogP contribution >= 0.6 is 0 Å². The van der Waals surface area contributed by atoms with Crippen LogP contribution in [-0.2, 0) is 23.9 Å². The Kier molecular flexibility index (Phi) is 14.1. The van der Waals surface area contributed by atoms with Gasteiger partial charge in [0.1, 0.15) is 17.7 Å². The number of terminal acetylenes is 1. The maximum absolute atomic E-state index is 14.1. The number of esters is 1. The van der Waals surface area contributed by atoms with Gasteiger partial charge in [0.2, 0.25) is 11.8 Å². The van der Waals surface area contributed by atoms with Crippen molar-refractivity contribution < 1.29 is 28.7 Å². The zero-order valence-electron chi connectivity index (χ0n) is 24.5. The van der Waals surface area contributed by atoms with Gasteiger partial charge in [0.05, 0.1) is 13.0 Å². The molecule has 2 unspecified atom stereocenters. The molecule has 1 aromatic carbocycles. The lowest BCUT2D eigenvalue weighted by molar-refractivity contribution is -0.144. The highest BCUT2D eigenvalue weighted by atomic mass is 16.6. The predicted molar refractivity (Wildman–Crippen MR) is 151 cm³/mol. The smallest absolute Gasteiger partial charge is 0.408 e. The highest BCUT2D eigenvalue weighted by Crippen LogP contribution is 2.27. The van der Waals surface area contributed by atoms with E-state index in [9.17, 15) is 19.2 Å². The summed E-state index contributed by atoms with van der Waals surface area (Å²) < 4.78 is 10.4. The lowest BCUT2D eigenvalue weighted by Crippen LogP contribution is -2.53. The van der Waals surface area contributed by atoms with Crippen LogP contribution in [0.25, 0.3) is 0 Å². The summed E-state index contributed by atoms with van der Waals surface area (Å²) in [6, 6.07) is 4.94. The number of alkyl carbamates (subject to hydrolysis) is 1. The number of carbonyl (C=O) groups excluding carboxylic acids is 4. The molecule has 2 atom stereocenters. The Labute approximate surface area is 233 Å². The molecule has 0 heterocycles. The molecule has 39 heavy (non-hydrogen) atoms. The Bertz CT molecular complexity index is 1010. The summed E-state index contributed by atoms with van der Waals surface area (Å²) in [7, 11) is 0. The molecule has 0 spiro atoms. The van der Waals surface area contributed by atoms with Gasteiger partial charge >= 0.3 is 12.1 Å². The lowest BCUT2D eigenvalue weighted by atomic mass is 9.96. The van der Waals surface area contributed by atoms with E-state index in [1.54, 1.807) is 52.0 Å². The third kappa shape index (κ3) is 11.8. The van der Waals surface area contributed by atoms with E-state index >= 15 is 0 Å². The summed E-state index contributed by atoms with van der Waals surface area (Å²) in [6.07, 6.45) is 6.78. The molecule has 216 valence electrons. The van der Waals surface area contributed by atoms with Gasteiger partial charge in [-0.3, -0.25) is 14.4 Å². The molecule has 9 nitrogen and oxygen atoms in total. The normalized spacial score (nSPS) is 12.6. The first-order chi connectivity index (χ1) is 18.3. The molecule has 0 saturated carbocycles. The number of hydrogen-bond donors (Lipinski definition) is 2. The molecule has 0 aliphatic rings. The maximum atomic E-state index is 14.1. The van der Waals surface area contributed by atoms with E-state index in [0.29, 0.717) is 24.0 Å². The number of rotatable bonds is 14. The third-order valence-electron chi connectivity index (χ3n) is 5.64. The van der Waals surface area contributed by atoms with Crippen LogP contribution in [0.15, 0.2) is 24.3 Å².